The van der Waals surface area contributed by atoms with Crippen LogP contribution in [-0.2, 0) is 27.7 Å². The minimum absolute atomic E-state index is 0.0813. The third-order valence-corrected chi connectivity index (χ3v) is 7.61. The number of hydrogen-bond acceptors (Lipinski definition) is 4. The average molecular weight is 414 g/mol. The van der Waals surface area contributed by atoms with E-state index in [9.17, 15) is 13.2 Å². The minimum atomic E-state index is -3.49. The van der Waals surface area contributed by atoms with Crippen LogP contribution in [0, 0.1) is 0 Å². The highest BCUT2D eigenvalue weighted by Gasteiger charge is 2.29. The van der Waals surface area contributed by atoms with Crippen LogP contribution >= 0.6 is 0 Å². The summed E-state index contributed by atoms with van der Waals surface area (Å²) in [6.07, 6.45) is 4.31. The SMILES string of the molecule is O=C(CN1CCN(S(=O)(=O)c2ccc3c(c2)CCCC3)CC1)Nc1ccccc1. The Labute approximate surface area is 172 Å². The van der Waals surface area contributed by atoms with Crippen LogP contribution < -0.4 is 5.32 Å². The first kappa shape index (κ1) is 20.1. The zero-order valence-corrected chi connectivity index (χ0v) is 17.3. The molecule has 0 aromatic heterocycles. The van der Waals surface area contributed by atoms with Crippen LogP contribution in [0.5, 0.6) is 0 Å². The van der Waals surface area contributed by atoms with E-state index in [2.05, 4.69) is 5.32 Å². The monoisotopic (exact) mass is 413 g/mol. The molecular weight excluding hydrogens is 386 g/mol. The molecule has 1 amide bonds. The van der Waals surface area contributed by atoms with Gasteiger partial charge in [0.15, 0.2) is 0 Å². The van der Waals surface area contributed by atoms with Crippen LogP contribution in [-0.4, -0.2) is 56.3 Å². The zero-order chi connectivity index (χ0) is 20.3. The van der Waals surface area contributed by atoms with Crippen molar-refractivity contribution >= 4 is 21.6 Å². The van der Waals surface area contributed by atoms with Crippen molar-refractivity contribution in [2.45, 2.75) is 30.6 Å². The number of piperazine rings is 1. The third-order valence-electron chi connectivity index (χ3n) is 5.71. The summed E-state index contributed by atoms with van der Waals surface area (Å²) in [6, 6.07) is 14.9. The van der Waals surface area contributed by atoms with Crippen LogP contribution in [0.3, 0.4) is 0 Å². The number of carbonyl (C=O) groups excluding carboxylic acids is 1. The maximum Gasteiger partial charge on any atom is 0.243 e. The lowest BCUT2D eigenvalue weighted by Crippen LogP contribution is -2.50. The Bertz CT molecular complexity index is 968. The number of aryl methyl sites for hydroxylation is 2. The molecule has 1 heterocycles. The summed E-state index contributed by atoms with van der Waals surface area (Å²) in [7, 11) is -3.49. The van der Waals surface area contributed by atoms with Crippen LogP contribution in [0.2, 0.25) is 0 Å². The Kier molecular flexibility index (Phi) is 5.99. The lowest BCUT2D eigenvalue weighted by atomic mass is 9.92. The number of anilines is 1. The summed E-state index contributed by atoms with van der Waals surface area (Å²) in [4.78, 5) is 14.6. The van der Waals surface area contributed by atoms with Crippen molar-refractivity contribution in [3.8, 4) is 0 Å². The van der Waals surface area contributed by atoms with E-state index < -0.39 is 10.0 Å². The Morgan fingerprint density at radius 1 is 0.897 bits per heavy atom. The number of amides is 1. The maximum atomic E-state index is 13.1. The summed E-state index contributed by atoms with van der Waals surface area (Å²) in [5.41, 5.74) is 3.23. The molecule has 1 N–H and O–H groups in total. The topological polar surface area (TPSA) is 69.7 Å². The molecule has 2 aromatic rings. The summed E-state index contributed by atoms with van der Waals surface area (Å²) in [5, 5.41) is 2.87. The molecule has 0 atom stereocenters. The molecule has 0 unspecified atom stereocenters. The third kappa shape index (κ3) is 4.69. The molecule has 6 nitrogen and oxygen atoms in total. The van der Waals surface area contributed by atoms with Crippen LogP contribution in [0.25, 0.3) is 0 Å². The van der Waals surface area contributed by atoms with E-state index >= 15 is 0 Å². The number of nitrogens with one attached hydrogen (secondary N) is 1. The number of nitrogens with zero attached hydrogens (tertiary/aromatic N) is 2. The molecule has 0 bridgehead atoms. The van der Waals surface area contributed by atoms with Gasteiger partial charge in [0.1, 0.15) is 0 Å². The second kappa shape index (κ2) is 8.65. The Balaban J connectivity index is 1.34. The first-order valence-corrected chi connectivity index (χ1v) is 11.7. The van der Waals surface area contributed by atoms with Crippen LogP contribution in [0.4, 0.5) is 5.69 Å². The van der Waals surface area contributed by atoms with E-state index in [0.29, 0.717) is 31.1 Å². The van der Waals surface area contributed by atoms with Crippen molar-refractivity contribution in [1.29, 1.82) is 0 Å². The molecule has 29 heavy (non-hydrogen) atoms. The molecule has 154 valence electrons. The second-order valence-corrected chi connectivity index (χ2v) is 9.67. The molecule has 1 aliphatic carbocycles. The van der Waals surface area contributed by atoms with Crippen molar-refractivity contribution in [1.82, 2.24) is 9.21 Å². The fraction of sp³-hybridized carbons (Fsp3) is 0.409. The second-order valence-electron chi connectivity index (χ2n) is 7.73. The minimum Gasteiger partial charge on any atom is -0.325 e. The molecule has 1 saturated heterocycles. The van der Waals surface area contributed by atoms with E-state index in [1.807, 2.05) is 47.4 Å². The molecule has 2 aromatic carbocycles. The molecule has 1 aliphatic heterocycles. The molecule has 1 fully saturated rings. The van der Waals surface area contributed by atoms with Gasteiger partial charge in [0.2, 0.25) is 15.9 Å². The predicted molar refractivity (Wildman–Crippen MR) is 113 cm³/mol. The van der Waals surface area contributed by atoms with Gasteiger partial charge in [-0.2, -0.15) is 4.31 Å². The molecule has 0 radical (unpaired) electrons. The molecule has 4 rings (SSSR count). The Morgan fingerprint density at radius 2 is 1.59 bits per heavy atom. The Hall–Kier alpha value is -2.22. The quantitative estimate of drug-likeness (QED) is 0.818. The number of sulfonamides is 1. The van der Waals surface area contributed by atoms with Gasteiger partial charge in [-0.05, 0) is 61.1 Å². The highest BCUT2D eigenvalue weighted by atomic mass is 32.2. The first-order chi connectivity index (χ1) is 14.0. The lowest BCUT2D eigenvalue weighted by Gasteiger charge is -2.33. The number of benzene rings is 2. The zero-order valence-electron chi connectivity index (χ0n) is 16.5. The van der Waals surface area contributed by atoms with Gasteiger partial charge in [-0.15, -0.1) is 0 Å². The van der Waals surface area contributed by atoms with E-state index in [1.54, 1.807) is 10.4 Å². The van der Waals surface area contributed by atoms with Crippen molar-refractivity contribution in [3.05, 3.63) is 59.7 Å². The summed E-state index contributed by atoms with van der Waals surface area (Å²) >= 11 is 0. The number of fused-ring (bicyclic) bond motifs is 1. The van der Waals surface area contributed by atoms with E-state index in [4.69, 9.17) is 0 Å². The normalized spacial score (nSPS) is 18.2. The largest absolute Gasteiger partial charge is 0.325 e. The van der Waals surface area contributed by atoms with Crippen molar-refractivity contribution in [3.63, 3.8) is 0 Å². The molecular formula is C22H27N3O3S. The van der Waals surface area contributed by atoms with E-state index in [-0.39, 0.29) is 12.5 Å². The Morgan fingerprint density at radius 3 is 2.31 bits per heavy atom. The van der Waals surface area contributed by atoms with E-state index in [1.165, 1.54) is 17.5 Å². The van der Waals surface area contributed by atoms with Gasteiger partial charge in [-0.3, -0.25) is 9.69 Å². The number of rotatable bonds is 5. The van der Waals surface area contributed by atoms with Crippen molar-refractivity contribution < 1.29 is 13.2 Å². The smallest absolute Gasteiger partial charge is 0.243 e. The number of hydrogen-bond donors (Lipinski definition) is 1. The number of para-hydroxylation sites is 1. The molecule has 0 saturated carbocycles. The van der Waals surface area contributed by atoms with Gasteiger partial charge < -0.3 is 5.32 Å². The van der Waals surface area contributed by atoms with Gasteiger partial charge in [0.05, 0.1) is 11.4 Å². The highest BCUT2D eigenvalue weighted by Crippen LogP contribution is 2.26. The summed E-state index contributed by atoms with van der Waals surface area (Å²) < 4.78 is 27.7. The van der Waals surface area contributed by atoms with Gasteiger partial charge in [-0.1, -0.05) is 24.3 Å². The average Bonchev–Trinajstić information content (AvgIpc) is 2.74. The lowest BCUT2D eigenvalue weighted by molar-refractivity contribution is -0.117. The van der Waals surface area contributed by atoms with Crippen molar-refractivity contribution in [2.24, 2.45) is 0 Å². The molecule has 7 heteroatoms. The van der Waals surface area contributed by atoms with Gasteiger partial charge in [-0.25, -0.2) is 8.42 Å². The van der Waals surface area contributed by atoms with Gasteiger partial charge in [0, 0.05) is 31.9 Å². The van der Waals surface area contributed by atoms with Crippen LogP contribution in [0.15, 0.2) is 53.4 Å². The van der Waals surface area contributed by atoms with Gasteiger partial charge >= 0.3 is 0 Å². The summed E-state index contributed by atoms with van der Waals surface area (Å²) in [5.74, 6) is -0.0813. The van der Waals surface area contributed by atoms with Crippen molar-refractivity contribution in [2.75, 3.05) is 38.0 Å². The van der Waals surface area contributed by atoms with Gasteiger partial charge in [0.25, 0.3) is 0 Å². The number of carbonyl (C=O) groups is 1. The fourth-order valence-corrected chi connectivity index (χ4v) is 5.55. The highest BCUT2D eigenvalue weighted by molar-refractivity contribution is 7.89. The predicted octanol–water partition coefficient (Wildman–Crippen LogP) is 2.51. The molecule has 0 spiro atoms. The fourth-order valence-electron chi connectivity index (χ4n) is 4.07. The molecule has 2 aliphatic rings. The maximum absolute atomic E-state index is 13.1. The standard InChI is InChI=1S/C22H27N3O3S/c26-22(23-20-8-2-1-3-9-20)17-24-12-14-25(15-13-24)29(27,28)21-11-10-18-6-4-5-7-19(18)16-21/h1-3,8-11,16H,4-7,12-15,17H2,(H,23,26). The van der Waals surface area contributed by atoms with E-state index in [0.717, 1.165) is 24.9 Å². The van der Waals surface area contributed by atoms with Crippen LogP contribution in [0.1, 0.15) is 24.0 Å². The summed E-state index contributed by atoms with van der Waals surface area (Å²) in [6.45, 7) is 2.16. The first-order valence-electron chi connectivity index (χ1n) is 10.2.